The average Bonchev–Trinajstić information content (AvgIpc) is 3.53. The second-order valence-corrected chi connectivity index (χ2v) is 9.09. The summed E-state index contributed by atoms with van der Waals surface area (Å²) in [5, 5.41) is 1.43. The molecule has 8 bridgehead atoms. The fraction of sp³-hybridized carbons (Fsp3) is 0. The first-order valence-corrected chi connectivity index (χ1v) is 11.4. The van der Waals surface area contributed by atoms with Crippen LogP contribution in [0.15, 0.2) is 60.7 Å². The Labute approximate surface area is 310 Å². The Kier molecular flexibility index (Phi) is 20.8. The average molecular weight is 756 g/mol. The summed E-state index contributed by atoms with van der Waals surface area (Å²) in [7, 11) is 0. The van der Waals surface area contributed by atoms with Crippen LogP contribution in [0.5, 0.6) is 0 Å². The summed E-state index contributed by atoms with van der Waals surface area (Å²) in [5.74, 6) is 0. The smallest absolute Gasteiger partial charge is 1.00 e. The standard InChI is InChI=1S/C26H15Cl3N4.2Al.6ClH/c27-14-7-23(28)26(24(29)8-14)22-12-21-11-19-4-3-17(31-19)9-15-1-2-16(30-15)10-18-5-6-20(32-18)13-25(22)33-21;;;;;;;;/h1-13,31-32H;;;6*1H/q;2*+3;;;;;;/p-6. The number of nitrogens with one attached hydrogen (secondary N) is 2. The molecule has 2 aliphatic heterocycles. The fourth-order valence-corrected chi connectivity index (χ4v) is 5.03. The number of nitrogens with zero attached hydrogens (tertiary/aromatic N) is 2. The number of rotatable bonds is 1. The first kappa shape index (κ1) is 44.9. The molecule has 4 nitrogen and oxygen atoms in total. The van der Waals surface area contributed by atoms with E-state index >= 15 is 0 Å². The number of H-pyrrole nitrogens is 2. The van der Waals surface area contributed by atoms with Gasteiger partial charge in [-0.3, -0.25) is 0 Å². The van der Waals surface area contributed by atoms with Gasteiger partial charge in [-0.1, -0.05) is 34.8 Å². The summed E-state index contributed by atoms with van der Waals surface area (Å²) in [6, 6.07) is 19.4. The Balaban J connectivity index is -0.00000180. The third-order valence-electron chi connectivity index (χ3n) is 5.44. The minimum Gasteiger partial charge on any atom is -1.00 e. The van der Waals surface area contributed by atoms with Crippen LogP contribution >= 0.6 is 34.8 Å². The molecule has 2 N–H and O–H groups in total. The zero-order chi connectivity index (χ0) is 22.5. The van der Waals surface area contributed by atoms with Gasteiger partial charge >= 0.3 is 34.7 Å². The molecule has 15 heteroatoms. The zero-order valence-corrected chi connectivity index (χ0v) is 29.6. The number of aromatic amines is 2. The largest absolute Gasteiger partial charge is 3.00 e. The topological polar surface area (TPSA) is 57.4 Å². The van der Waals surface area contributed by atoms with Gasteiger partial charge in [0.15, 0.2) is 0 Å². The van der Waals surface area contributed by atoms with Crippen LogP contribution in [0, 0.1) is 0 Å². The normalized spacial score (nSPS) is 10.3. The van der Waals surface area contributed by atoms with Crippen molar-refractivity contribution >= 4 is 115 Å². The summed E-state index contributed by atoms with van der Waals surface area (Å²) in [6.45, 7) is 0. The molecule has 5 heterocycles. The summed E-state index contributed by atoms with van der Waals surface area (Å²) in [5.41, 5.74) is 8.58. The van der Waals surface area contributed by atoms with Crippen LogP contribution in [-0.2, 0) is 0 Å². The van der Waals surface area contributed by atoms with Crippen molar-refractivity contribution in [3.8, 4) is 0 Å². The van der Waals surface area contributed by atoms with Gasteiger partial charge in [-0.05, 0) is 78.9 Å². The van der Waals surface area contributed by atoms with E-state index in [0.29, 0.717) is 20.6 Å². The predicted molar refractivity (Wildman–Crippen MR) is 150 cm³/mol. The zero-order valence-electron chi connectivity index (χ0n) is 20.5. The molecule has 0 amide bonds. The second kappa shape index (κ2) is 19.0. The van der Waals surface area contributed by atoms with Crippen LogP contribution in [0.3, 0.4) is 0 Å². The van der Waals surface area contributed by atoms with Gasteiger partial charge in [0.1, 0.15) is 0 Å². The van der Waals surface area contributed by atoms with E-state index in [-0.39, 0.29) is 109 Å². The van der Waals surface area contributed by atoms with Gasteiger partial charge in [-0.25, -0.2) is 9.97 Å². The van der Waals surface area contributed by atoms with Crippen LogP contribution in [0.1, 0.15) is 28.3 Å². The fourth-order valence-electron chi connectivity index (χ4n) is 4.01. The molecule has 0 unspecified atom stereocenters. The van der Waals surface area contributed by atoms with Crippen molar-refractivity contribution in [2.75, 3.05) is 0 Å². The Bertz CT molecular complexity index is 1660. The number of aromatic nitrogens is 4. The number of fused-ring (bicyclic) bond motifs is 8. The van der Waals surface area contributed by atoms with Gasteiger partial charge < -0.3 is 84.4 Å². The SMILES string of the molecule is Clc1cc(Cl)c(C2=Cc3cc4ccc(cc5nc(cc6ccc(cc2n3)[nH]6)C=C5)[nH]4)c(Cl)c1.[Al+3].[Al+3].[Cl-].[Cl-].[Cl-].[Cl-].[Cl-].[Cl-]. The van der Waals surface area contributed by atoms with E-state index < -0.39 is 0 Å². The van der Waals surface area contributed by atoms with Crippen LogP contribution in [0.25, 0.3) is 45.9 Å². The molecular weight excluding hydrogens is 741 g/mol. The maximum atomic E-state index is 6.56. The Morgan fingerprint density at radius 2 is 0.927 bits per heavy atom. The molecular formula is C26H15Al2Cl9N4. The molecule has 0 saturated heterocycles. The van der Waals surface area contributed by atoms with E-state index in [4.69, 9.17) is 39.8 Å². The van der Waals surface area contributed by atoms with Crippen molar-refractivity contribution in [1.82, 2.24) is 19.9 Å². The minimum atomic E-state index is 0. The molecule has 41 heavy (non-hydrogen) atoms. The Morgan fingerprint density at radius 1 is 0.512 bits per heavy atom. The van der Waals surface area contributed by atoms with Crippen LogP contribution in [0.2, 0.25) is 15.1 Å². The van der Waals surface area contributed by atoms with Gasteiger partial charge in [-0.2, -0.15) is 0 Å². The van der Waals surface area contributed by atoms with Crippen LogP contribution < -0.4 is 74.4 Å². The quantitative estimate of drug-likeness (QED) is 0.164. The van der Waals surface area contributed by atoms with Gasteiger partial charge in [0.05, 0.1) is 32.8 Å². The van der Waals surface area contributed by atoms with Crippen molar-refractivity contribution in [1.29, 1.82) is 0 Å². The molecule has 208 valence electrons. The van der Waals surface area contributed by atoms with Gasteiger partial charge in [0, 0.05) is 38.2 Å². The van der Waals surface area contributed by atoms with Gasteiger partial charge in [0.2, 0.25) is 0 Å². The van der Waals surface area contributed by atoms with Crippen molar-refractivity contribution < 1.29 is 74.4 Å². The minimum absolute atomic E-state index is 0. The molecule has 1 aromatic carbocycles. The first-order chi connectivity index (χ1) is 16.0. The molecule has 0 spiro atoms. The maximum Gasteiger partial charge on any atom is 3.00 e. The molecule has 6 rings (SSSR count). The molecule has 0 fully saturated rings. The summed E-state index contributed by atoms with van der Waals surface area (Å²) in [4.78, 5) is 16.3. The van der Waals surface area contributed by atoms with E-state index in [0.717, 1.165) is 50.4 Å². The van der Waals surface area contributed by atoms with Crippen LogP contribution in [0.4, 0.5) is 0 Å². The number of benzene rings is 1. The van der Waals surface area contributed by atoms with Crippen molar-refractivity contribution in [2.24, 2.45) is 0 Å². The third-order valence-corrected chi connectivity index (χ3v) is 6.26. The van der Waals surface area contributed by atoms with E-state index in [1.165, 1.54) is 0 Å². The monoisotopic (exact) mass is 752 g/mol. The summed E-state index contributed by atoms with van der Waals surface area (Å²) in [6.07, 6.45) is 5.98. The van der Waals surface area contributed by atoms with Gasteiger partial charge in [-0.15, -0.1) is 0 Å². The summed E-state index contributed by atoms with van der Waals surface area (Å²) < 4.78 is 0. The molecule has 0 radical (unpaired) electrons. The second-order valence-electron chi connectivity index (χ2n) is 7.83. The van der Waals surface area contributed by atoms with Gasteiger partial charge in [0.25, 0.3) is 0 Å². The van der Waals surface area contributed by atoms with E-state index in [9.17, 15) is 0 Å². The molecule has 3 aromatic heterocycles. The number of hydrogen-bond donors (Lipinski definition) is 2. The van der Waals surface area contributed by atoms with E-state index in [1.807, 2.05) is 66.8 Å². The summed E-state index contributed by atoms with van der Waals surface area (Å²) >= 11 is 19.3. The number of halogens is 9. The van der Waals surface area contributed by atoms with Crippen molar-refractivity contribution in [2.45, 2.75) is 0 Å². The number of hydrogen-bond acceptors (Lipinski definition) is 2. The van der Waals surface area contributed by atoms with E-state index in [1.54, 1.807) is 12.1 Å². The molecule has 2 aliphatic rings. The Morgan fingerprint density at radius 3 is 1.39 bits per heavy atom. The predicted octanol–water partition coefficient (Wildman–Crippen LogP) is -10.7. The third kappa shape index (κ3) is 10.0. The maximum absolute atomic E-state index is 6.56. The molecule has 4 aromatic rings. The van der Waals surface area contributed by atoms with E-state index in [2.05, 4.69) is 15.0 Å². The van der Waals surface area contributed by atoms with Crippen molar-refractivity contribution in [3.05, 3.63) is 104 Å². The molecule has 0 aliphatic carbocycles. The molecule has 0 atom stereocenters. The van der Waals surface area contributed by atoms with Crippen LogP contribution in [-0.4, -0.2) is 54.7 Å². The molecule has 0 saturated carbocycles. The first-order valence-electron chi connectivity index (χ1n) is 10.2. The van der Waals surface area contributed by atoms with Crippen molar-refractivity contribution in [3.63, 3.8) is 0 Å². The Hall–Kier alpha value is -0.505.